The van der Waals surface area contributed by atoms with Gasteiger partial charge in [0.1, 0.15) is 5.82 Å². The summed E-state index contributed by atoms with van der Waals surface area (Å²) >= 11 is 0. The highest BCUT2D eigenvalue weighted by molar-refractivity contribution is 7.89. The van der Waals surface area contributed by atoms with Crippen molar-refractivity contribution in [3.63, 3.8) is 0 Å². The maximum atomic E-state index is 13.4. The first kappa shape index (κ1) is 20.0. The van der Waals surface area contributed by atoms with E-state index in [4.69, 9.17) is 0 Å². The molecular weight excluding hydrogens is 363 g/mol. The number of nitrogens with zero attached hydrogens (tertiary/aromatic N) is 1. The number of aryl methyl sites for hydroxylation is 1. The molecule has 1 aliphatic heterocycles. The molecule has 27 heavy (non-hydrogen) atoms. The fourth-order valence-electron chi connectivity index (χ4n) is 3.51. The summed E-state index contributed by atoms with van der Waals surface area (Å²) in [5, 5.41) is 0. The Morgan fingerprint density at radius 3 is 2.52 bits per heavy atom. The predicted molar refractivity (Wildman–Crippen MR) is 106 cm³/mol. The molecule has 2 aromatic carbocycles. The van der Waals surface area contributed by atoms with Crippen LogP contribution >= 0.6 is 0 Å². The van der Waals surface area contributed by atoms with E-state index in [0.29, 0.717) is 18.0 Å². The molecule has 146 valence electrons. The van der Waals surface area contributed by atoms with E-state index < -0.39 is 15.8 Å². The molecule has 1 fully saturated rings. The number of piperidine rings is 1. The molecule has 1 N–H and O–H groups in total. The summed E-state index contributed by atoms with van der Waals surface area (Å²) in [6, 6.07) is 14.3. The second-order valence-corrected chi connectivity index (χ2v) is 9.02. The van der Waals surface area contributed by atoms with Gasteiger partial charge in [0, 0.05) is 13.1 Å². The van der Waals surface area contributed by atoms with Crippen molar-refractivity contribution in [2.24, 2.45) is 5.92 Å². The topological polar surface area (TPSA) is 49.4 Å². The second kappa shape index (κ2) is 8.95. The van der Waals surface area contributed by atoms with Gasteiger partial charge in [0.2, 0.25) is 10.0 Å². The second-order valence-electron chi connectivity index (χ2n) is 7.28. The van der Waals surface area contributed by atoms with Gasteiger partial charge < -0.3 is 4.90 Å². The number of likely N-dealkylation sites (tertiary alicyclic amines) is 1. The standard InChI is InChI=1S/C21H27FN2O2S/c1-17-7-8-20(22)15-21(17)27(25,26)23-16-19-10-13-24(14-11-19)12-9-18-5-3-2-4-6-18/h2-8,15,19,23H,9-14,16H2,1H3. The zero-order valence-electron chi connectivity index (χ0n) is 15.7. The smallest absolute Gasteiger partial charge is 0.240 e. The molecule has 0 saturated carbocycles. The SMILES string of the molecule is Cc1ccc(F)cc1S(=O)(=O)NCC1CCN(CCc2ccccc2)CC1. The molecule has 0 bridgehead atoms. The van der Waals surface area contributed by atoms with Gasteiger partial charge in [-0.05, 0) is 68.5 Å². The Balaban J connectivity index is 1.46. The molecule has 0 unspecified atom stereocenters. The normalized spacial score (nSPS) is 16.5. The van der Waals surface area contributed by atoms with Gasteiger partial charge in [-0.15, -0.1) is 0 Å². The van der Waals surface area contributed by atoms with Crippen LogP contribution in [0.1, 0.15) is 24.0 Å². The number of nitrogens with one attached hydrogen (secondary N) is 1. The zero-order chi connectivity index (χ0) is 19.3. The van der Waals surface area contributed by atoms with Crippen molar-refractivity contribution >= 4 is 10.0 Å². The Kier molecular flexibility index (Phi) is 6.63. The van der Waals surface area contributed by atoms with Crippen molar-refractivity contribution in [2.75, 3.05) is 26.2 Å². The molecule has 1 saturated heterocycles. The van der Waals surface area contributed by atoms with Crippen LogP contribution < -0.4 is 4.72 Å². The van der Waals surface area contributed by atoms with Crippen LogP contribution in [0.4, 0.5) is 4.39 Å². The first-order chi connectivity index (χ1) is 12.9. The minimum atomic E-state index is -3.68. The molecule has 1 aliphatic rings. The van der Waals surface area contributed by atoms with E-state index >= 15 is 0 Å². The number of halogens is 1. The monoisotopic (exact) mass is 390 g/mol. The van der Waals surface area contributed by atoms with Gasteiger partial charge in [-0.3, -0.25) is 0 Å². The summed E-state index contributed by atoms with van der Waals surface area (Å²) in [5.74, 6) is -0.214. The lowest BCUT2D eigenvalue weighted by atomic mass is 9.97. The van der Waals surface area contributed by atoms with Crippen LogP contribution in [-0.2, 0) is 16.4 Å². The molecule has 0 atom stereocenters. The molecule has 6 heteroatoms. The van der Waals surface area contributed by atoms with E-state index in [9.17, 15) is 12.8 Å². The third-order valence-electron chi connectivity index (χ3n) is 5.27. The number of hydrogen-bond donors (Lipinski definition) is 1. The van der Waals surface area contributed by atoms with E-state index in [1.54, 1.807) is 6.92 Å². The van der Waals surface area contributed by atoms with Crippen LogP contribution in [0.25, 0.3) is 0 Å². The van der Waals surface area contributed by atoms with E-state index in [1.807, 2.05) is 6.07 Å². The van der Waals surface area contributed by atoms with Crippen LogP contribution in [0.2, 0.25) is 0 Å². The van der Waals surface area contributed by atoms with Gasteiger partial charge in [-0.2, -0.15) is 0 Å². The van der Waals surface area contributed by atoms with Crippen molar-refractivity contribution in [2.45, 2.75) is 31.1 Å². The highest BCUT2D eigenvalue weighted by Gasteiger charge is 2.23. The van der Waals surface area contributed by atoms with Gasteiger partial charge in [-0.1, -0.05) is 36.4 Å². The molecule has 0 spiro atoms. The Hall–Kier alpha value is -1.76. The Labute approximate surface area is 161 Å². The number of rotatable bonds is 7. The molecule has 4 nitrogen and oxygen atoms in total. The minimum absolute atomic E-state index is 0.0304. The first-order valence-electron chi connectivity index (χ1n) is 9.46. The van der Waals surface area contributed by atoms with E-state index in [0.717, 1.165) is 45.0 Å². The summed E-state index contributed by atoms with van der Waals surface area (Å²) in [4.78, 5) is 2.47. The summed E-state index contributed by atoms with van der Waals surface area (Å²) < 4.78 is 41.1. The van der Waals surface area contributed by atoms with Crippen molar-refractivity contribution in [1.29, 1.82) is 0 Å². The molecule has 2 aromatic rings. The average Bonchev–Trinajstić information content (AvgIpc) is 2.68. The lowest BCUT2D eigenvalue weighted by Gasteiger charge is -2.32. The Bertz CT molecular complexity index is 848. The van der Waals surface area contributed by atoms with Crippen LogP contribution in [0.5, 0.6) is 0 Å². The highest BCUT2D eigenvalue weighted by Crippen LogP contribution is 2.20. The predicted octanol–water partition coefficient (Wildman–Crippen LogP) is 3.37. The summed E-state index contributed by atoms with van der Waals surface area (Å²) in [6.45, 7) is 5.09. The quantitative estimate of drug-likeness (QED) is 0.789. The highest BCUT2D eigenvalue weighted by atomic mass is 32.2. The largest absolute Gasteiger partial charge is 0.303 e. The maximum absolute atomic E-state index is 13.4. The van der Waals surface area contributed by atoms with E-state index in [2.05, 4.69) is 33.9 Å². The fraction of sp³-hybridized carbons (Fsp3) is 0.429. The van der Waals surface area contributed by atoms with Gasteiger partial charge in [-0.25, -0.2) is 17.5 Å². The summed E-state index contributed by atoms with van der Waals surface area (Å²) in [5.41, 5.74) is 1.90. The van der Waals surface area contributed by atoms with Crippen LogP contribution in [-0.4, -0.2) is 39.5 Å². The van der Waals surface area contributed by atoms with Crippen LogP contribution in [0.15, 0.2) is 53.4 Å². The van der Waals surface area contributed by atoms with E-state index in [1.165, 1.54) is 17.7 Å². The Morgan fingerprint density at radius 2 is 1.81 bits per heavy atom. The molecule has 0 aliphatic carbocycles. The Morgan fingerprint density at radius 1 is 1.11 bits per heavy atom. The minimum Gasteiger partial charge on any atom is -0.303 e. The maximum Gasteiger partial charge on any atom is 0.240 e. The molecular formula is C21H27FN2O2S. The summed E-state index contributed by atoms with van der Waals surface area (Å²) in [6.07, 6.45) is 2.98. The van der Waals surface area contributed by atoms with Gasteiger partial charge >= 0.3 is 0 Å². The molecule has 1 heterocycles. The van der Waals surface area contributed by atoms with Crippen molar-refractivity contribution in [1.82, 2.24) is 9.62 Å². The lowest BCUT2D eigenvalue weighted by molar-refractivity contribution is 0.187. The number of benzene rings is 2. The summed E-state index contributed by atoms with van der Waals surface area (Å²) in [7, 11) is -3.68. The van der Waals surface area contributed by atoms with Crippen molar-refractivity contribution in [3.05, 3.63) is 65.5 Å². The van der Waals surface area contributed by atoms with Crippen molar-refractivity contribution < 1.29 is 12.8 Å². The fourth-order valence-corrected chi connectivity index (χ4v) is 4.89. The zero-order valence-corrected chi connectivity index (χ0v) is 16.5. The van der Waals surface area contributed by atoms with E-state index in [-0.39, 0.29) is 4.90 Å². The molecule has 0 amide bonds. The van der Waals surface area contributed by atoms with Crippen LogP contribution in [0, 0.1) is 18.7 Å². The first-order valence-corrected chi connectivity index (χ1v) is 10.9. The van der Waals surface area contributed by atoms with Crippen molar-refractivity contribution in [3.8, 4) is 0 Å². The molecule has 0 radical (unpaired) electrons. The van der Waals surface area contributed by atoms with Crippen LogP contribution in [0.3, 0.4) is 0 Å². The third-order valence-corrected chi connectivity index (χ3v) is 6.83. The number of hydrogen-bond acceptors (Lipinski definition) is 3. The molecule has 0 aromatic heterocycles. The van der Waals surface area contributed by atoms with Gasteiger partial charge in [0.15, 0.2) is 0 Å². The third kappa shape index (κ3) is 5.61. The number of sulfonamides is 1. The average molecular weight is 391 g/mol. The van der Waals surface area contributed by atoms with Gasteiger partial charge in [0.05, 0.1) is 4.90 Å². The van der Waals surface area contributed by atoms with Gasteiger partial charge in [0.25, 0.3) is 0 Å². The molecule has 3 rings (SSSR count). The lowest BCUT2D eigenvalue weighted by Crippen LogP contribution is -2.39.